The van der Waals surface area contributed by atoms with Crippen molar-refractivity contribution in [1.82, 2.24) is 15.0 Å². The molecule has 4 heterocycles. The van der Waals surface area contributed by atoms with Crippen LogP contribution < -0.4 is 4.90 Å². The van der Waals surface area contributed by atoms with Crippen LogP contribution in [0.5, 0.6) is 0 Å². The van der Waals surface area contributed by atoms with Crippen LogP contribution in [0.15, 0.2) is 75.2 Å². The van der Waals surface area contributed by atoms with Crippen molar-refractivity contribution in [2.24, 2.45) is 11.8 Å². The molecule has 0 bridgehead atoms. The number of benzene rings is 2. The molecule has 0 aliphatic carbocycles. The van der Waals surface area contributed by atoms with E-state index in [1.165, 1.54) is 56.5 Å². The number of carbonyl (C=O) groups excluding carboxylic acids is 1. The number of carbonyl (C=O) groups is 1. The molecule has 3 aromatic rings. The summed E-state index contributed by atoms with van der Waals surface area (Å²) < 4.78 is 36.0. The Morgan fingerprint density at radius 1 is 1.05 bits per heavy atom. The summed E-state index contributed by atoms with van der Waals surface area (Å²) in [6.07, 6.45) is 6.96. The highest BCUT2D eigenvalue weighted by atomic mass is 32.2. The van der Waals surface area contributed by atoms with Crippen molar-refractivity contribution in [2.45, 2.75) is 79.9 Å². The third-order valence-electron chi connectivity index (χ3n) is 9.44. The molecule has 1 aromatic heterocycles. The van der Waals surface area contributed by atoms with Crippen LogP contribution in [-0.2, 0) is 32.3 Å². The van der Waals surface area contributed by atoms with Crippen molar-refractivity contribution >= 4 is 15.8 Å². The number of rotatable bonds is 11. The van der Waals surface area contributed by atoms with Crippen LogP contribution >= 0.6 is 0 Å². The van der Waals surface area contributed by atoms with Gasteiger partial charge in [-0.25, -0.2) is 8.42 Å². The van der Waals surface area contributed by atoms with E-state index in [-0.39, 0.29) is 40.9 Å². The first kappa shape index (κ1) is 29.8. The van der Waals surface area contributed by atoms with E-state index in [0.29, 0.717) is 23.9 Å². The van der Waals surface area contributed by atoms with Crippen molar-refractivity contribution in [3.05, 3.63) is 77.1 Å². The lowest BCUT2D eigenvalue weighted by Crippen LogP contribution is -2.64. The van der Waals surface area contributed by atoms with Gasteiger partial charge in [0.05, 0.1) is 17.9 Å². The number of esters is 1. The molecule has 0 unspecified atom stereocenters. The predicted octanol–water partition coefficient (Wildman–Crippen LogP) is 3.77. The predicted molar refractivity (Wildman–Crippen MR) is 157 cm³/mol. The summed E-state index contributed by atoms with van der Waals surface area (Å²) in [4.78, 5) is 18.0. The minimum atomic E-state index is -4.13. The largest absolute Gasteiger partial charge is 0.465 e. The molecule has 4 atom stereocenters. The van der Waals surface area contributed by atoms with Gasteiger partial charge in [-0.05, 0) is 86.0 Å². The SMILES string of the molecule is O=C(CCC[C@@H]1[C@H]2CCCN3CCC[C@@H](CN1Cc1ccccc1)[C@@H]23)OCCc1no[n+]([O-])c1S(=O)(=O)c1ccccc1. The monoisotopic (exact) mass is 608 g/mol. The summed E-state index contributed by atoms with van der Waals surface area (Å²) in [5.41, 5.74) is 1.27. The number of hydrogen-bond acceptors (Lipinski definition) is 9. The van der Waals surface area contributed by atoms with E-state index in [4.69, 9.17) is 4.74 Å². The number of ether oxygens (including phenoxy) is 1. The minimum Gasteiger partial charge on any atom is -0.465 e. The van der Waals surface area contributed by atoms with Gasteiger partial charge in [-0.3, -0.25) is 19.2 Å². The maximum Gasteiger partial charge on any atom is 0.316 e. The fourth-order valence-electron chi connectivity index (χ4n) is 7.65. The molecule has 230 valence electrons. The van der Waals surface area contributed by atoms with Gasteiger partial charge in [0, 0.05) is 36.8 Å². The smallest absolute Gasteiger partial charge is 0.316 e. The molecule has 0 spiro atoms. The van der Waals surface area contributed by atoms with Gasteiger partial charge in [-0.1, -0.05) is 48.5 Å². The average molecular weight is 609 g/mol. The molecular weight excluding hydrogens is 568 g/mol. The number of piperidine rings is 3. The van der Waals surface area contributed by atoms with Crippen molar-refractivity contribution in [3.63, 3.8) is 0 Å². The molecule has 0 N–H and O–H groups in total. The van der Waals surface area contributed by atoms with Crippen LogP contribution in [0.3, 0.4) is 0 Å². The zero-order chi connectivity index (χ0) is 29.8. The molecule has 3 aliphatic heterocycles. The van der Waals surface area contributed by atoms with E-state index in [1.54, 1.807) is 18.2 Å². The van der Waals surface area contributed by atoms with Crippen LogP contribution in [-0.4, -0.2) is 67.7 Å². The Labute approximate surface area is 253 Å². The van der Waals surface area contributed by atoms with Crippen molar-refractivity contribution in [2.75, 3.05) is 26.2 Å². The second kappa shape index (κ2) is 13.2. The normalized spacial score (nSPS) is 24.4. The third kappa shape index (κ3) is 6.49. The molecule has 0 radical (unpaired) electrons. The average Bonchev–Trinajstić information content (AvgIpc) is 3.40. The van der Waals surface area contributed by atoms with Gasteiger partial charge < -0.3 is 9.94 Å². The molecule has 3 fully saturated rings. The number of aromatic nitrogens is 2. The van der Waals surface area contributed by atoms with Crippen LogP contribution in [0.4, 0.5) is 0 Å². The first-order chi connectivity index (χ1) is 20.9. The molecule has 0 saturated carbocycles. The molecule has 3 aliphatic rings. The summed E-state index contributed by atoms with van der Waals surface area (Å²) >= 11 is 0. The summed E-state index contributed by atoms with van der Waals surface area (Å²) in [6, 6.07) is 19.4. The Morgan fingerprint density at radius 2 is 1.77 bits per heavy atom. The Hall–Kier alpha value is -3.28. The maximum absolute atomic E-state index is 13.0. The summed E-state index contributed by atoms with van der Waals surface area (Å²) in [5.74, 6) is 0.990. The van der Waals surface area contributed by atoms with Gasteiger partial charge in [0.15, 0.2) is 0 Å². The summed E-state index contributed by atoms with van der Waals surface area (Å²) in [6.45, 7) is 4.37. The van der Waals surface area contributed by atoms with E-state index in [2.05, 4.69) is 49.9 Å². The second-order valence-corrected chi connectivity index (χ2v) is 13.9. The molecule has 11 heteroatoms. The zero-order valence-corrected chi connectivity index (χ0v) is 25.2. The van der Waals surface area contributed by atoms with Crippen molar-refractivity contribution < 1.29 is 27.5 Å². The van der Waals surface area contributed by atoms with Gasteiger partial charge in [0.25, 0.3) is 9.84 Å². The third-order valence-corrected chi connectivity index (χ3v) is 11.2. The second-order valence-electron chi connectivity index (χ2n) is 12.1. The summed E-state index contributed by atoms with van der Waals surface area (Å²) in [5, 5.41) is 15.2. The molecule has 6 rings (SSSR count). The number of likely N-dealkylation sites (tertiary alicyclic amines) is 1. The van der Waals surface area contributed by atoms with E-state index in [9.17, 15) is 18.4 Å². The summed E-state index contributed by atoms with van der Waals surface area (Å²) in [7, 11) is -4.13. The highest BCUT2D eigenvalue weighted by Crippen LogP contribution is 2.43. The first-order valence-electron chi connectivity index (χ1n) is 15.5. The Bertz CT molecular complexity index is 1480. The highest BCUT2D eigenvalue weighted by Gasteiger charge is 2.48. The highest BCUT2D eigenvalue weighted by molar-refractivity contribution is 7.91. The van der Waals surface area contributed by atoms with Crippen molar-refractivity contribution in [3.8, 4) is 0 Å². The molecule has 43 heavy (non-hydrogen) atoms. The topological polar surface area (TPSA) is 120 Å². The van der Waals surface area contributed by atoms with Gasteiger partial charge in [-0.2, -0.15) is 0 Å². The fraction of sp³-hybridized carbons (Fsp3) is 0.531. The lowest BCUT2D eigenvalue weighted by molar-refractivity contribution is -0.832. The number of hydrogen-bond donors (Lipinski definition) is 0. The number of sulfone groups is 1. The Kier molecular flexibility index (Phi) is 9.11. The van der Waals surface area contributed by atoms with E-state index in [1.807, 2.05) is 0 Å². The quantitative estimate of drug-likeness (QED) is 0.237. The Morgan fingerprint density at radius 3 is 2.53 bits per heavy atom. The first-order valence-corrected chi connectivity index (χ1v) is 17.0. The van der Waals surface area contributed by atoms with Crippen LogP contribution in [0.1, 0.15) is 56.2 Å². The molecule has 0 amide bonds. The molecule has 2 aromatic carbocycles. The van der Waals surface area contributed by atoms with E-state index >= 15 is 0 Å². The van der Waals surface area contributed by atoms with E-state index in [0.717, 1.165) is 25.9 Å². The van der Waals surface area contributed by atoms with Crippen molar-refractivity contribution in [1.29, 1.82) is 0 Å². The van der Waals surface area contributed by atoms with Gasteiger partial charge >= 0.3 is 11.0 Å². The van der Waals surface area contributed by atoms with Crippen LogP contribution in [0, 0.1) is 17.0 Å². The zero-order valence-electron chi connectivity index (χ0n) is 24.4. The molecule has 3 saturated heterocycles. The van der Waals surface area contributed by atoms with Gasteiger partial charge in [0.2, 0.25) is 5.69 Å². The van der Waals surface area contributed by atoms with Gasteiger partial charge in [-0.15, -0.1) is 0 Å². The van der Waals surface area contributed by atoms with E-state index < -0.39 is 14.9 Å². The minimum absolute atomic E-state index is 0.0364. The lowest BCUT2D eigenvalue weighted by Gasteiger charge is -2.57. The maximum atomic E-state index is 13.0. The molecular formula is C32H40N4O6S. The fourth-order valence-corrected chi connectivity index (χ4v) is 9.07. The van der Waals surface area contributed by atoms with Crippen LogP contribution in [0.25, 0.3) is 0 Å². The Balaban J connectivity index is 1.05. The standard InChI is InChI=1S/C32H40N4O6S/c37-30(41-21-18-28-32(36(38)42-33-28)43(39,40)26-13-5-2-6-14-26)17-7-16-29-27-15-9-20-34-19-8-12-25(31(27)34)23-35(29)22-24-10-3-1-4-11-24/h1-6,10-11,13-14,25,27,29,31H,7-9,12,15-23H2/t25-,27+,29+,31-/m0/s1. The molecule has 10 nitrogen and oxygen atoms in total. The van der Waals surface area contributed by atoms with Crippen LogP contribution in [0.2, 0.25) is 0 Å². The lowest BCUT2D eigenvalue weighted by atomic mass is 9.69. The number of nitrogens with zero attached hydrogens (tertiary/aromatic N) is 4. The van der Waals surface area contributed by atoms with Gasteiger partial charge in [0.1, 0.15) is 0 Å².